The van der Waals surface area contributed by atoms with Gasteiger partial charge >= 0.3 is 0 Å². The van der Waals surface area contributed by atoms with Crippen molar-refractivity contribution < 1.29 is 9.59 Å². The number of rotatable bonds is 3. The Morgan fingerprint density at radius 2 is 2.08 bits per heavy atom. The molecule has 3 rings (SSSR count). The minimum atomic E-state index is 0.00357. The number of carbonyl (C=O) groups excluding carboxylic acids is 2. The second-order valence-corrected chi connectivity index (χ2v) is 6.83. The van der Waals surface area contributed by atoms with E-state index in [1.807, 2.05) is 43.9 Å². The molecule has 1 saturated heterocycles. The first-order valence-corrected chi connectivity index (χ1v) is 8.94. The molecular formula is C20H25N3O2. The molecule has 1 fully saturated rings. The molecule has 0 aliphatic carbocycles. The fourth-order valence-electron chi connectivity index (χ4n) is 3.39. The molecule has 1 aliphatic heterocycles. The number of hydrogen-bond acceptors (Lipinski definition) is 3. The zero-order valence-corrected chi connectivity index (χ0v) is 15.1. The summed E-state index contributed by atoms with van der Waals surface area (Å²) in [6.07, 6.45) is 2.29. The van der Waals surface area contributed by atoms with Gasteiger partial charge in [-0.15, -0.1) is 0 Å². The van der Waals surface area contributed by atoms with Gasteiger partial charge in [-0.05, 0) is 44.9 Å². The van der Waals surface area contributed by atoms with Crippen LogP contribution >= 0.6 is 0 Å². The van der Waals surface area contributed by atoms with E-state index in [2.05, 4.69) is 16.4 Å². The summed E-state index contributed by atoms with van der Waals surface area (Å²) in [5.41, 5.74) is 3.46. The highest BCUT2D eigenvalue weighted by atomic mass is 16.2. The zero-order chi connectivity index (χ0) is 18.0. The SMILES string of the molecule is CCC(=O)N[C@H]1CCCN(C(=O)c2cc3cc(C)ccc3nc2C)C1. The molecule has 0 spiro atoms. The van der Waals surface area contributed by atoms with Gasteiger partial charge in [-0.1, -0.05) is 18.6 Å². The van der Waals surface area contributed by atoms with Gasteiger partial charge in [-0.2, -0.15) is 0 Å². The Morgan fingerprint density at radius 1 is 1.28 bits per heavy atom. The molecule has 25 heavy (non-hydrogen) atoms. The summed E-state index contributed by atoms with van der Waals surface area (Å²) < 4.78 is 0. The van der Waals surface area contributed by atoms with Crippen LogP contribution in [0, 0.1) is 13.8 Å². The molecular weight excluding hydrogens is 314 g/mol. The van der Waals surface area contributed by atoms with Gasteiger partial charge in [-0.25, -0.2) is 0 Å². The van der Waals surface area contributed by atoms with Crippen LogP contribution in [0.25, 0.3) is 10.9 Å². The van der Waals surface area contributed by atoms with Crippen molar-refractivity contribution >= 4 is 22.7 Å². The van der Waals surface area contributed by atoms with Crippen LogP contribution in [0.5, 0.6) is 0 Å². The Kier molecular flexibility index (Phi) is 5.02. The molecule has 0 bridgehead atoms. The van der Waals surface area contributed by atoms with Gasteiger partial charge in [0.1, 0.15) is 0 Å². The van der Waals surface area contributed by atoms with E-state index in [9.17, 15) is 9.59 Å². The average molecular weight is 339 g/mol. The van der Waals surface area contributed by atoms with E-state index in [4.69, 9.17) is 0 Å². The maximum absolute atomic E-state index is 13.0. The van der Waals surface area contributed by atoms with E-state index in [1.165, 1.54) is 0 Å². The molecule has 1 N–H and O–H groups in total. The van der Waals surface area contributed by atoms with Crippen LogP contribution < -0.4 is 5.32 Å². The predicted octanol–water partition coefficient (Wildman–Crippen LogP) is 2.98. The molecule has 1 aliphatic rings. The molecule has 2 aromatic rings. The number of carbonyl (C=O) groups is 2. The highest BCUT2D eigenvalue weighted by Gasteiger charge is 2.26. The third kappa shape index (κ3) is 3.81. The van der Waals surface area contributed by atoms with Gasteiger partial charge in [0.15, 0.2) is 0 Å². The maximum Gasteiger partial charge on any atom is 0.255 e. The molecule has 1 aromatic heterocycles. The molecule has 2 heterocycles. The van der Waals surface area contributed by atoms with Crippen molar-refractivity contribution in [3.05, 3.63) is 41.1 Å². The van der Waals surface area contributed by atoms with Crippen LogP contribution in [0.3, 0.4) is 0 Å². The van der Waals surface area contributed by atoms with Crippen LogP contribution in [0.2, 0.25) is 0 Å². The van der Waals surface area contributed by atoms with Crippen LogP contribution in [0.15, 0.2) is 24.3 Å². The molecule has 0 radical (unpaired) electrons. The minimum Gasteiger partial charge on any atom is -0.352 e. The minimum absolute atomic E-state index is 0.00357. The summed E-state index contributed by atoms with van der Waals surface area (Å²) in [6.45, 7) is 7.05. The quantitative estimate of drug-likeness (QED) is 0.935. The van der Waals surface area contributed by atoms with E-state index >= 15 is 0 Å². The van der Waals surface area contributed by atoms with Crippen molar-refractivity contribution in [3.63, 3.8) is 0 Å². The third-order valence-electron chi connectivity index (χ3n) is 4.79. The fourth-order valence-corrected chi connectivity index (χ4v) is 3.39. The number of likely N-dealkylation sites (tertiary alicyclic amines) is 1. The summed E-state index contributed by atoms with van der Waals surface area (Å²) in [5.74, 6) is 0.0437. The number of nitrogens with one attached hydrogen (secondary N) is 1. The highest BCUT2D eigenvalue weighted by molar-refractivity contribution is 5.98. The van der Waals surface area contributed by atoms with Crippen molar-refractivity contribution in [1.29, 1.82) is 0 Å². The van der Waals surface area contributed by atoms with Gasteiger partial charge in [0.25, 0.3) is 5.91 Å². The number of piperidine rings is 1. The Morgan fingerprint density at radius 3 is 2.84 bits per heavy atom. The number of amides is 2. The summed E-state index contributed by atoms with van der Waals surface area (Å²) in [6, 6.07) is 8.06. The number of hydrogen-bond donors (Lipinski definition) is 1. The fraction of sp³-hybridized carbons (Fsp3) is 0.450. The zero-order valence-electron chi connectivity index (χ0n) is 15.1. The van der Waals surface area contributed by atoms with E-state index in [-0.39, 0.29) is 17.9 Å². The maximum atomic E-state index is 13.0. The lowest BCUT2D eigenvalue weighted by Gasteiger charge is -2.33. The molecule has 5 heteroatoms. The van der Waals surface area contributed by atoms with E-state index < -0.39 is 0 Å². The lowest BCUT2D eigenvalue weighted by atomic mass is 10.0. The first-order chi connectivity index (χ1) is 12.0. The van der Waals surface area contributed by atoms with Crippen molar-refractivity contribution in [1.82, 2.24) is 15.2 Å². The highest BCUT2D eigenvalue weighted by Crippen LogP contribution is 2.21. The van der Waals surface area contributed by atoms with Gasteiger partial charge in [0.05, 0.1) is 16.8 Å². The summed E-state index contributed by atoms with van der Waals surface area (Å²) >= 11 is 0. The first-order valence-electron chi connectivity index (χ1n) is 8.94. The number of benzene rings is 1. The first kappa shape index (κ1) is 17.4. The van der Waals surface area contributed by atoms with Crippen molar-refractivity contribution in [2.75, 3.05) is 13.1 Å². The summed E-state index contributed by atoms with van der Waals surface area (Å²) in [4.78, 5) is 31.1. The molecule has 2 amide bonds. The van der Waals surface area contributed by atoms with Crippen LogP contribution in [0.1, 0.15) is 47.8 Å². The van der Waals surface area contributed by atoms with Gasteiger partial charge in [-0.3, -0.25) is 14.6 Å². The van der Waals surface area contributed by atoms with Crippen LogP contribution in [-0.2, 0) is 4.79 Å². The molecule has 0 saturated carbocycles. The van der Waals surface area contributed by atoms with Gasteiger partial charge < -0.3 is 10.2 Å². The number of nitrogens with zero attached hydrogens (tertiary/aromatic N) is 2. The van der Waals surface area contributed by atoms with Crippen molar-refractivity contribution in [3.8, 4) is 0 Å². The molecule has 1 atom stereocenters. The van der Waals surface area contributed by atoms with Crippen LogP contribution in [-0.4, -0.2) is 40.8 Å². The Bertz CT molecular complexity index is 816. The average Bonchev–Trinajstić information content (AvgIpc) is 2.61. The Labute approximate surface area is 148 Å². The van der Waals surface area contributed by atoms with Gasteiger partial charge in [0.2, 0.25) is 5.91 Å². The number of aryl methyl sites for hydroxylation is 2. The monoisotopic (exact) mass is 339 g/mol. The van der Waals surface area contributed by atoms with E-state index in [0.717, 1.165) is 41.5 Å². The Hall–Kier alpha value is -2.43. The second kappa shape index (κ2) is 7.21. The third-order valence-corrected chi connectivity index (χ3v) is 4.79. The lowest BCUT2D eigenvalue weighted by Crippen LogP contribution is -2.49. The summed E-state index contributed by atoms with van der Waals surface area (Å²) in [7, 11) is 0. The predicted molar refractivity (Wildman–Crippen MR) is 98.6 cm³/mol. The molecule has 132 valence electrons. The molecule has 1 aromatic carbocycles. The standard InChI is InChI=1S/C20H25N3O2/c1-4-19(24)22-16-6-5-9-23(12-16)20(25)17-11-15-10-13(2)7-8-18(15)21-14(17)3/h7-8,10-11,16H,4-6,9,12H2,1-3H3,(H,22,24)/t16-/m0/s1. The van der Waals surface area contributed by atoms with Crippen molar-refractivity contribution in [2.45, 2.75) is 46.1 Å². The smallest absolute Gasteiger partial charge is 0.255 e. The van der Waals surface area contributed by atoms with Crippen LogP contribution in [0.4, 0.5) is 0 Å². The number of pyridine rings is 1. The topological polar surface area (TPSA) is 62.3 Å². The number of aromatic nitrogens is 1. The second-order valence-electron chi connectivity index (χ2n) is 6.83. The Balaban J connectivity index is 1.83. The summed E-state index contributed by atoms with van der Waals surface area (Å²) in [5, 5.41) is 4.00. The molecule has 5 nitrogen and oxygen atoms in total. The molecule has 0 unspecified atom stereocenters. The van der Waals surface area contributed by atoms with Gasteiger partial charge in [0, 0.05) is 30.9 Å². The largest absolute Gasteiger partial charge is 0.352 e. The van der Waals surface area contributed by atoms with Crippen molar-refractivity contribution in [2.24, 2.45) is 0 Å². The van der Waals surface area contributed by atoms with E-state index in [1.54, 1.807) is 0 Å². The normalized spacial score (nSPS) is 17.6. The lowest BCUT2D eigenvalue weighted by molar-refractivity contribution is -0.121. The number of fused-ring (bicyclic) bond motifs is 1. The van der Waals surface area contributed by atoms with E-state index in [0.29, 0.717) is 18.5 Å².